The summed E-state index contributed by atoms with van der Waals surface area (Å²) in [4.78, 5) is 18.1. The lowest BCUT2D eigenvalue weighted by atomic mass is 10.2. The summed E-state index contributed by atoms with van der Waals surface area (Å²) >= 11 is 1.68. The summed E-state index contributed by atoms with van der Waals surface area (Å²) in [6.07, 6.45) is 4.36. The van der Waals surface area contributed by atoms with Crippen molar-refractivity contribution in [2.45, 2.75) is 19.0 Å². The lowest BCUT2D eigenvalue weighted by molar-refractivity contribution is -0.117. The first-order chi connectivity index (χ1) is 9.02. The lowest BCUT2D eigenvalue weighted by Crippen LogP contribution is -2.36. The summed E-state index contributed by atoms with van der Waals surface area (Å²) in [6.45, 7) is 0.809. The molecule has 0 bridgehead atoms. The van der Waals surface area contributed by atoms with E-state index in [1.165, 1.54) is 0 Å². The van der Waals surface area contributed by atoms with E-state index in [0.717, 1.165) is 17.9 Å². The van der Waals surface area contributed by atoms with Gasteiger partial charge in [-0.3, -0.25) is 4.79 Å². The Morgan fingerprint density at radius 1 is 1.55 bits per heavy atom. The van der Waals surface area contributed by atoms with Crippen molar-refractivity contribution in [2.75, 3.05) is 31.4 Å². The van der Waals surface area contributed by atoms with Crippen LogP contribution in [0.4, 0.5) is 5.82 Å². The van der Waals surface area contributed by atoms with E-state index in [4.69, 9.17) is 5.73 Å². The van der Waals surface area contributed by atoms with Gasteiger partial charge in [0.15, 0.2) is 0 Å². The van der Waals surface area contributed by atoms with Crippen LogP contribution >= 0.6 is 24.2 Å². The van der Waals surface area contributed by atoms with Crippen LogP contribution in [0.25, 0.3) is 0 Å². The van der Waals surface area contributed by atoms with Crippen LogP contribution in [0.5, 0.6) is 0 Å². The maximum absolute atomic E-state index is 11.9. The van der Waals surface area contributed by atoms with Gasteiger partial charge in [-0.1, -0.05) is 0 Å². The van der Waals surface area contributed by atoms with Crippen LogP contribution in [0.15, 0.2) is 18.3 Å². The Balaban J connectivity index is 0.00000361. The molecule has 20 heavy (non-hydrogen) atoms. The van der Waals surface area contributed by atoms with E-state index in [0.29, 0.717) is 12.2 Å². The molecule has 0 aromatic carbocycles. The van der Waals surface area contributed by atoms with E-state index >= 15 is 0 Å². The molecule has 3 N–H and O–H groups in total. The highest BCUT2D eigenvalue weighted by Gasteiger charge is 2.13. The summed E-state index contributed by atoms with van der Waals surface area (Å²) in [5.74, 6) is 1.26. The van der Waals surface area contributed by atoms with E-state index in [9.17, 15) is 4.79 Å². The molecule has 0 unspecified atom stereocenters. The first kappa shape index (κ1) is 19.2. The zero-order valence-corrected chi connectivity index (χ0v) is 13.8. The van der Waals surface area contributed by atoms with Crippen LogP contribution in [0.2, 0.25) is 0 Å². The lowest BCUT2D eigenvalue weighted by Gasteiger charge is -2.13. The SMILES string of the molecule is CSCC[C@H](N)C(=O)Nc1cc(CN(C)C)ccn1.Cl. The fourth-order valence-corrected chi connectivity index (χ4v) is 2.09. The Morgan fingerprint density at radius 2 is 2.25 bits per heavy atom. The molecule has 7 heteroatoms. The third-order valence-corrected chi connectivity index (χ3v) is 3.19. The zero-order valence-electron chi connectivity index (χ0n) is 12.1. The predicted octanol–water partition coefficient (Wildman–Crippen LogP) is 1.58. The van der Waals surface area contributed by atoms with E-state index in [2.05, 4.69) is 15.2 Å². The van der Waals surface area contributed by atoms with Gasteiger partial charge >= 0.3 is 0 Å². The van der Waals surface area contributed by atoms with Gasteiger partial charge in [0, 0.05) is 12.7 Å². The Morgan fingerprint density at radius 3 is 2.85 bits per heavy atom. The van der Waals surface area contributed by atoms with Crippen LogP contribution in [-0.2, 0) is 11.3 Å². The van der Waals surface area contributed by atoms with Crippen molar-refractivity contribution >= 4 is 35.9 Å². The minimum absolute atomic E-state index is 0. The van der Waals surface area contributed by atoms with Gasteiger partial charge in [-0.25, -0.2) is 4.98 Å². The molecule has 0 aliphatic carbocycles. The second kappa shape index (κ2) is 9.99. The summed E-state index contributed by atoms with van der Waals surface area (Å²) in [5, 5.41) is 2.76. The molecule has 5 nitrogen and oxygen atoms in total. The van der Waals surface area contributed by atoms with Gasteiger partial charge in [-0.2, -0.15) is 11.8 Å². The number of nitrogens with zero attached hydrogens (tertiary/aromatic N) is 2. The molecule has 1 aromatic heterocycles. The van der Waals surface area contributed by atoms with Crippen LogP contribution in [0.1, 0.15) is 12.0 Å². The van der Waals surface area contributed by atoms with E-state index in [-0.39, 0.29) is 18.3 Å². The van der Waals surface area contributed by atoms with Gasteiger partial charge in [0.05, 0.1) is 6.04 Å². The van der Waals surface area contributed by atoms with Crippen molar-refractivity contribution in [1.29, 1.82) is 0 Å². The fourth-order valence-electron chi connectivity index (χ4n) is 1.60. The highest BCUT2D eigenvalue weighted by Crippen LogP contribution is 2.09. The summed E-state index contributed by atoms with van der Waals surface area (Å²) < 4.78 is 0. The van der Waals surface area contributed by atoms with Crippen molar-refractivity contribution in [3.63, 3.8) is 0 Å². The molecule has 1 aromatic rings. The summed E-state index contributed by atoms with van der Waals surface area (Å²) in [6, 6.07) is 3.33. The number of hydrogen-bond acceptors (Lipinski definition) is 5. The Hall–Kier alpha value is -0.820. The van der Waals surface area contributed by atoms with Gasteiger partial charge in [0.1, 0.15) is 5.82 Å². The third kappa shape index (κ3) is 7.09. The number of carbonyl (C=O) groups is 1. The molecule has 1 heterocycles. The van der Waals surface area contributed by atoms with Gasteiger partial charge in [-0.05, 0) is 50.2 Å². The molecule has 0 fully saturated rings. The normalized spacial score (nSPS) is 11.8. The molecule has 0 spiro atoms. The molecule has 0 saturated heterocycles. The quantitative estimate of drug-likeness (QED) is 0.799. The predicted molar refractivity (Wildman–Crippen MR) is 88.5 cm³/mol. The molecular weight excluding hydrogens is 296 g/mol. The highest BCUT2D eigenvalue weighted by molar-refractivity contribution is 7.98. The molecule has 1 atom stereocenters. The molecule has 114 valence electrons. The Labute approximate surface area is 131 Å². The monoisotopic (exact) mass is 318 g/mol. The largest absolute Gasteiger partial charge is 0.320 e. The molecule has 0 aliphatic heterocycles. The molecule has 1 rings (SSSR count). The first-order valence-corrected chi connectivity index (χ1v) is 7.57. The number of anilines is 1. The number of hydrogen-bond donors (Lipinski definition) is 2. The fraction of sp³-hybridized carbons (Fsp3) is 0.538. The number of halogens is 1. The van der Waals surface area contributed by atoms with Crippen molar-refractivity contribution < 1.29 is 4.79 Å². The number of nitrogens with two attached hydrogens (primary N) is 1. The smallest absolute Gasteiger partial charge is 0.242 e. The molecular formula is C13H23ClN4OS. The Kier molecular flexibility index (Phi) is 9.58. The van der Waals surface area contributed by atoms with Crippen LogP contribution < -0.4 is 11.1 Å². The second-order valence-corrected chi connectivity index (χ2v) is 5.65. The maximum atomic E-state index is 11.9. The zero-order chi connectivity index (χ0) is 14.3. The number of thioether (sulfide) groups is 1. The van der Waals surface area contributed by atoms with E-state index in [1.54, 1.807) is 18.0 Å². The van der Waals surface area contributed by atoms with E-state index in [1.807, 2.05) is 32.5 Å². The standard InChI is InChI=1S/C13H22N4OS.ClH/c1-17(2)9-10-4-6-15-12(8-10)16-13(18)11(14)5-7-19-3;/h4,6,8,11H,5,7,9,14H2,1-3H3,(H,15,16,18);1H/t11-;/m0./s1. The van der Waals surface area contributed by atoms with Crippen molar-refractivity contribution in [3.05, 3.63) is 23.9 Å². The minimum Gasteiger partial charge on any atom is -0.320 e. The number of aromatic nitrogens is 1. The van der Waals surface area contributed by atoms with Gasteiger partial charge in [0.2, 0.25) is 5.91 Å². The first-order valence-electron chi connectivity index (χ1n) is 6.18. The van der Waals surface area contributed by atoms with Gasteiger partial charge < -0.3 is 16.0 Å². The molecule has 0 radical (unpaired) electrons. The van der Waals surface area contributed by atoms with Gasteiger partial charge in [-0.15, -0.1) is 12.4 Å². The molecule has 0 aliphatic rings. The van der Waals surface area contributed by atoms with Crippen LogP contribution in [-0.4, -0.2) is 47.9 Å². The number of nitrogens with one attached hydrogen (secondary N) is 1. The number of pyridine rings is 1. The molecule has 1 amide bonds. The summed E-state index contributed by atoms with van der Waals surface area (Å²) in [7, 11) is 3.99. The Bertz CT molecular complexity index is 417. The van der Waals surface area contributed by atoms with Crippen molar-refractivity contribution in [2.24, 2.45) is 5.73 Å². The third-order valence-electron chi connectivity index (χ3n) is 2.54. The second-order valence-electron chi connectivity index (χ2n) is 4.66. The van der Waals surface area contributed by atoms with Crippen LogP contribution in [0, 0.1) is 0 Å². The van der Waals surface area contributed by atoms with Crippen molar-refractivity contribution in [1.82, 2.24) is 9.88 Å². The maximum Gasteiger partial charge on any atom is 0.242 e. The minimum atomic E-state index is -0.480. The van der Waals surface area contributed by atoms with E-state index < -0.39 is 6.04 Å². The average molecular weight is 319 g/mol. The number of carbonyl (C=O) groups excluding carboxylic acids is 1. The topological polar surface area (TPSA) is 71.2 Å². The number of amides is 1. The van der Waals surface area contributed by atoms with Crippen molar-refractivity contribution in [3.8, 4) is 0 Å². The molecule has 0 saturated carbocycles. The highest BCUT2D eigenvalue weighted by atomic mass is 35.5. The van der Waals surface area contributed by atoms with Gasteiger partial charge in [0.25, 0.3) is 0 Å². The summed E-state index contributed by atoms with van der Waals surface area (Å²) in [5.41, 5.74) is 6.91. The van der Waals surface area contributed by atoms with Crippen LogP contribution in [0.3, 0.4) is 0 Å². The number of rotatable bonds is 7. The average Bonchev–Trinajstić information content (AvgIpc) is 2.35.